The second-order valence-electron chi connectivity index (χ2n) is 9.59. The zero-order valence-corrected chi connectivity index (χ0v) is 20.3. The second kappa shape index (κ2) is 9.77. The molecule has 9 nitrogen and oxygen atoms in total. The van der Waals surface area contributed by atoms with Crippen molar-refractivity contribution in [2.24, 2.45) is 5.92 Å². The topological polar surface area (TPSA) is 103 Å². The van der Waals surface area contributed by atoms with E-state index < -0.39 is 28.8 Å². The molecule has 2 amide bonds. The van der Waals surface area contributed by atoms with E-state index in [0.29, 0.717) is 56.4 Å². The molecule has 4 rings (SSSR count). The molecule has 2 aromatic rings. The largest absolute Gasteiger partial charge is 0.477 e. The molecule has 0 radical (unpaired) electrons. The van der Waals surface area contributed by atoms with E-state index in [1.807, 2.05) is 16.7 Å². The molecule has 1 aromatic heterocycles. The van der Waals surface area contributed by atoms with Crippen LogP contribution in [0.1, 0.15) is 44.0 Å². The number of benzene rings is 1. The molecular weight excluding hydrogens is 455 g/mol. The van der Waals surface area contributed by atoms with Crippen molar-refractivity contribution >= 4 is 34.4 Å². The summed E-state index contributed by atoms with van der Waals surface area (Å²) in [6, 6.07) is 2.23. The zero-order chi connectivity index (χ0) is 25.4. The highest BCUT2D eigenvalue weighted by Gasteiger charge is 2.42. The van der Waals surface area contributed by atoms with E-state index in [9.17, 15) is 24.3 Å². The molecule has 0 unspecified atom stereocenters. The summed E-state index contributed by atoms with van der Waals surface area (Å²) in [6.45, 7) is 8.69. The summed E-state index contributed by atoms with van der Waals surface area (Å²) < 4.78 is 16.7. The number of likely N-dealkylation sites (tertiary alicyclic amines) is 1. The van der Waals surface area contributed by atoms with Gasteiger partial charge in [-0.1, -0.05) is 13.8 Å². The molecule has 0 bridgehead atoms. The van der Waals surface area contributed by atoms with Crippen molar-refractivity contribution in [1.82, 2.24) is 14.4 Å². The van der Waals surface area contributed by atoms with E-state index in [2.05, 4.69) is 13.8 Å². The molecule has 2 aliphatic heterocycles. The number of aromatic carboxylic acids is 1. The molecule has 2 saturated heterocycles. The number of imide groups is 1. The molecule has 188 valence electrons. The predicted molar refractivity (Wildman–Crippen MR) is 129 cm³/mol. The maximum Gasteiger partial charge on any atom is 0.341 e. The molecule has 0 saturated carbocycles. The van der Waals surface area contributed by atoms with Crippen molar-refractivity contribution in [2.75, 3.05) is 37.6 Å². The summed E-state index contributed by atoms with van der Waals surface area (Å²) in [5.74, 6) is -1.83. The van der Waals surface area contributed by atoms with Gasteiger partial charge < -0.3 is 14.6 Å². The minimum atomic E-state index is -1.34. The minimum Gasteiger partial charge on any atom is -0.477 e. The van der Waals surface area contributed by atoms with Crippen molar-refractivity contribution in [3.8, 4) is 0 Å². The first-order chi connectivity index (χ1) is 16.6. The van der Waals surface area contributed by atoms with Gasteiger partial charge in [0.15, 0.2) is 0 Å². The van der Waals surface area contributed by atoms with Crippen LogP contribution in [-0.4, -0.2) is 76.0 Å². The lowest BCUT2D eigenvalue weighted by atomic mass is 10.1. The molecular formula is C25H31FN4O5. The fourth-order valence-electron chi connectivity index (χ4n) is 4.90. The number of rotatable bonds is 7. The Labute approximate surface area is 202 Å². The highest BCUT2D eigenvalue weighted by molar-refractivity contribution is 6.05. The van der Waals surface area contributed by atoms with Crippen LogP contribution < -0.4 is 10.3 Å². The molecule has 1 aromatic carbocycles. The smallest absolute Gasteiger partial charge is 0.341 e. The summed E-state index contributed by atoms with van der Waals surface area (Å²) in [7, 11) is 0. The molecule has 3 heterocycles. The highest BCUT2D eigenvalue weighted by Crippen LogP contribution is 2.28. The molecule has 2 fully saturated rings. The number of aryl methyl sites for hydroxylation is 1. The number of piperazine rings is 1. The Morgan fingerprint density at radius 2 is 1.83 bits per heavy atom. The molecule has 35 heavy (non-hydrogen) atoms. The quantitative estimate of drug-likeness (QED) is 0.598. The third-order valence-corrected chi connectivity index (χ3v) is 6.97. The lowest BCUT2D eigenvalue weighted by Gasteiger charge is -2.38. The summed E-state index contributed by atoms with van der Waals surface area (Å²) in [5, 5.41) is 9.36. The van der Waals surface area contributed by atoms with E-state index >= 15 is 4.39 Å². The van der Waals surface area contributed by atoms with Crippen LogP contribution in [0, 0.1) is 11.7 Å². The summed E-state index contributed by atoms with van der Waals surface area (Å²) in [5.41, 5.74) is -0.301. The van der Waals surface area contributed by atoms with Crippen molar-refractivity contribution < 1.29 is 23.9 Å². The number of amides is 2. The average Bonchev–Trinajstić information content (AvgIpc) is 3.11. The number of carboxylic acids is 1. The number of carboxylic acid groups (broad SMARTS) is 1. The Morgan fingerprint density at radius 3 is 2.43 bits per heavy atom. The van der Waals surface area contributed by atoms with Gasteiger partial charge >= 0.3 is 5.97 Å². The molecule has 0 spiro atoms. The van der Waals surface area contributed by atoms with Gasteiger partial charge in [-0.05, 0) is 31.4 Å². The van der Waals surface area contributed by atoms with Crippen molar-refractivity contribution in [3.63, 3.8) is 0 Å². The fourth-order valence-corrected chi connectivity index (χ4v) is 4.90. The van der Waals surface area contributed by atoms with Crippen LogP contribution >= 0.6 is 0 Å². The van der Waals surface area contributed by atoms with Gasteiger partial charge in [0.05, 0.1) is 23.7 Å². The van der Waals surface area contributed by atoms with Crippen LogP contribution in [0.4, 0.5) is 10.1 Å². The van der Waals surface area contributed by atoms with Crippen LogP contribution in [0.5, 0.6) is 0 Å². The number of pyridine rings is 1. The zero-order valence-electron chi connectivity index (χ0n) is 20.3. The monoisotopic (exact) mass is 486 g/mol. The maximum absolute atomic E-state index is 15.1. The third-order valence-electron chi connectivity index (χ3n) is 6.97. The summed E-state index contributed by atoms with van der Waals surface area (Å²) >= 11 is 0. The Bertz CT molecular complexity index is 1230. The number of nitrogens with zero attached hydrogens (tertiary/aromatic N) is 4. The van der Waals surface area contributed by atoms with Gasteiger partial charge in [-0.3, -0.25) is 24.2 Å². The van der Waals surface area contributed by atoms with Crippen molar-refractivity contribution in [3.05, 3.63) is 39.9 Å². The lowest BCUT2D eigenvalue weighted by molar-refractivity contribution is -0.139. The second-order valence-corrected chi connectivity index (χ2v) is 9.59. The van der Waals surface area contributed by atoms with Gasteiger partial charge in [-0.2, -0.15) is 0 Å². The highest BCUT2D eigenvalue weighted by atomic mass is 19.1. The third kappa shape index (κ3) is 4.67. The van der Waals surface area contributed by atoms with Crippen LogP contribution in [0.25, 0.3) is 10.9 Å². The fraction of sp³-hybridized carbons (Fsp3) is 0.520. The first kappa shape index (κ1) is 24.8. The summed E-state index contributed by atoms with van der Waals surface area (Å²) in [6.07, 6.45) is 2.24. The van der Waals surface area contributed by atoms with E-state index in [1.54, 1.807) is 10.6 Å². The number of hydrogen-bond acceptors (Lipinski definition) is 6. The lowest BCUT2D eigenvalue weighted by Crippen LogP contribution is -2.52. The standard InChI is InChI=1S/C25H31FN4O5/c1-4-27-14-17(25(34)35)23(32)16-11-18(26)20(12-19(16)27)28-7-9-29(10-8-28)21-13-22(31)30(24(21)33)6-5-15(2)3/h11-12,14-15,21H,4-10,13H2,1-3H3,(H,34,35)/t21-/m1/s1. The van der Waals surface area contributed by atoms with Crippen LogP contribution in [0.3, 0.4) is 0 Å². The Hall–Kier alpha value is -3.27. The number of fused-ring (bicyclic) bond motifs is 1. The van der Waals surface area contributed by atoms with E-state index in [4.69, 9.17) is 0 Å². The SMILES string of the molecule is CCn1cc(C(=O)O)c(=O)c2cc(F)c(N3CCN([C@@H]4CC(=O)N(CCC(C)C)C4=O)CC3)cc21. The van der Waals surface area contributed by atoms with Gasteiger partial charge in [0.25, 0.3) is 0 Å². The van der Waals surface area contributed by atoms with Gasteiger partial charge in [-0.15, -0.1) is 0 Å². The van der Waals surface area contributed by atoms with Crippen molar-refractivity contribution in [1.29, 1.82) is 0 Å². The number of carbonyl (C=O) groups is 3. The first-order valence-corrected chi connectivity index (χ1v) is 12.1. The summed E-state index contributed by atoms with van der Waals surface area (Å²) in [4.78, 5) is 54.5. The van der Waals surface area contributed by atoms with E-state index in [-0.39, 0.29) is 23.6 Å². The van der Waals surface area contributed by atoms with Gasteiger partial charge in [0, 0.05) is 50.9 Å². The van der Waals surface area contributed by atoms with E-state index in [1.165, 1.54) is 11.1 Å². The van der Waals surface area contributed by atoms with E-state index in [0.717, 1.165) is 12.5 Å². The Balaban J connectivity index is 1.53. The number of aromatic nitrogens is 1. The first-order valence-electron chi connectivity index (χ1n) is 12.1. The van der Waals surface area contributed by atoms with Gasteiger partial charge in [-0.25, -0.2) is 9.18 Å². The number of halogens is 1. The molecule has 10 heteroatoms. The van der Waals surface area contributed by atoms with Crippen LogP contribution in [0.15, 0.2) is 23.1 Å². The predicted octanol–water partition coefficient (Wildman–Crippen LogP) is 2.15. The maximum atomic E-state index is 15.1. The normalized spacial score (nSPS) is 19.4. The van der Waals surface area contributed by atoms with Gasteiger partial charge in [0.2, 0.25) is 17.2 Å². The van der Waals surface area contributed by atoms with Crippen molar-refractivity contribution in [2.45, 2.75) is 46.2 Å². The van der Waals surface area contributed by atoms with Crippen LogP contribution in [-0.2, 0) is 16.1 Å². The minimum absolute atomic E-state index is 0.0307. The molecule has 0 aliphatic carbocycles. The molecule has 1 N–H and O–H groups in total. The number of carbonyl (C=O) groups excluding carboxylic acids is 2. The molecule has 1 atom stereocenters. The van der Waals surface area contributed by atoms with Gasteiger partial charge in [0.1, 0.15) is 11.4 Å². The Kier molecular flexibility index (Phi) is 6.93. The average molecular weight is 487 g/mol. The number of hydrogen-bond donors (Lipinski definition) is 1. The van der Waals surface area contributed by atoms with Crippen LogP contribution in [0.2, 0.25) is 0 Å². The molecule has 2 aliphatic rings. The Morgan fingerprint density at radius 1 is 1.14 bits per heavy atom. The number of anilines is 1.